The first-order chi connectivity index (χ1) is 25.1. The van der Waals surface area contributed by atoms with Gasteiger partial charge in [0.05, 0.1) is 18.2 Å². The molecule has 0 aliphatic carbocycles. The maximum atomic E-state index is 17.4. The summed E-state index contributed by atoms with van der Waals surface area (Å²) in [4.78, 5) is 18.1. The number of benzene rings is 2. The summed E-state index contributed by atoms with van der Waals surface area (Å²) in [6.07, 6.45) is 6.53. The van der Waals surface area contributed by atoms with Gasteiger partial charge in [-0.05, 0) is 68.6 Å². The summed E-state index contributed by atoms with van der Waals surface area (Å²) in [6, 6.07) is 5.39. The fraction of sp³-hybridized carbons (Fsp3) is 0.432. The number of nitrogen functional groups attached to an aromatic ring is 1. The fourth-order valence-electron chi connectivity index (χ4n) is 8.33. The third-order valence-electron chi connectivity index (χ3n) is 10.4. The summed E-state index contributed by atoms with van der Waals surface area (Å²) in [5.74, 6) is 0.901. The first-order valence-corrected chi connectivity index (χ1v) is 16.1. The van der Waals surface area contributed by atoms with Crippen LogP contribution >= 0.6 is 0 Å². The Morgan fingerprint density at radius 3 is 2.94 bits per heavy atom. The van der Waals surface area contributed by atoms with Crippen molar-refractivity contribution in [1.82, 2.24) is 25.2 Å². The highest BCUT2D eigenvalue weighted by molar-refractivity contribution is 6.04. The summed E-state index contributed by atoms with van der Waals surface area (Å²) < 4.78 is 86.5. The molecule has 0 radical (unpaired) electrons. The second-order valence-corrected chi connectivity index (χ2v) is 13.5. The van der Waals surface area contributed by atoms with E-state index in [-0.39, 0.29) is 87.7 Å². The van der Waals surface area contributed by atoms with Crippen molar-refractivity contribution in [1.29, 1.82) is 0 Å². The minimum atomic E-state index is -2.94. The van der Waals surface area contributed by atoms with Crippen molar-refractivity contribution in [2.75, 3.05) is 50.5 Å². The molecule has 3 atom stereocenters. The smallest absolute Gasteiger partial charge is 0.319 e. The number of fused-ring (bicyclic) bond motifs is 5. The molecule has 8 rings (SSSR count). The predicted octanol–water partition coefficient (Wildman–Crippen LogP) is 5.59. The summed E-state index contributed by atoms with van der Waals surface area (Å²) in [5, 5.41) is 4.06. The van der Waals surface area contributed by atoms with Crippen LogP contribution in [0.4, 0.5) is 20.3 Å². The molecule has 248 valence electrons. The molecule has 2 bridgehead atoms. The Hall–Kier alpha value is -4.53. The first kappa shape index (κ1) is 25.5. The molecule has 0 saturated carbocycles. The molecule has 4 saturated heterocycles. The van der Waals surface area contributed by atoms with Crippen LogP contribution in [0, 0.1) is 24.0 Å². The number of aromatic nitrogens is 3. The van der Waals surface area contributed by atoms with Gasteiger partial charge in [0, 0.05) is 54.7 Å². The van der Waals surface area contributed by atoms with Crippen LogP contribution in [0.25, 0.3) is 32.9 Å². The Labute approximate surface area is 285 Å². The van der Waals surface area contributed by atoms with Gasteiger partial charge in [-0.2, -0.15) is 9.97 Å². The van der Waals surface area contributed by atoms with Crippen LogP contribution in [-0.4, -0.2) is 76.9 Å². The number of nitrogens with one attached hydrogen (secondary N) is 1. The third kappa shape index (κ3) is 4.76. The van der Waals surface area contributed by atoms with Crippen molar-refractivity contribution in [3.8, 4) is 35.5 Å². The average molecular weight is 657 g/mol. The average Bonchev–Trinajstić information content (AvgIpc) is 3.75. The number of methoxy groups -OCH3 is 1. The van der Waals surface area contributed by atoms with Crippen LogP contribution in [0.15, 0.2) is 36.4 Å². The van der Waals surface area contributed by atoms with Gasteiger partial charge in [-0.25, -0.2) is 13.8 Å². The number of nitrogens with two attached hydrogens (primary N) is 1. The van der Waals surface area contributed by atoms with E-state index in [0.29, 0.717) is 18.4 Å². The maximum Gasteiger partial charge on any atom is 0.319 e. The lowest BCUT2D eigenvalue weighted by molar-refractivity contribution is 0.108. The normalized spacial score (nSPS) is 27.3. The zero-order chi connectivity index (χ0) is 37.7. The van der Waals surface area contributed by atoms with Gasteiger partial charge >= 0.3 is 6.01 Å². The van der Waals surface area contributed by atoms with E-state index in [1.807, 2.05) is 0 Å². The van der Waals surface area contributed by atoms with Crippen LogP contribution in [0.5, 0.6) is 11.9 Å². The van der Waals surface area contributed by atoms with Gasteiger partial charge in [0.25, 0.3) is 0 Å². The van der Waals surface area contributed by atoms with Crippen molar-refractivity contribution >= 4 is 33.2 Å². The van der Waals surface area contributed by atoms with Crippen LogP contribution in [0.1, 0.15) is 57.7 Å². The van der Waals surface area contributed by atoms with E-state index >= 15 is 8.78 Å². The first-order valence-electron chi connectivity index (χ1n) is 18.6. The highest BCUT2D eigenvalue weighted by Crippen LogP contribution is 2.44. The number of rotatable bonds is 7. The van der Waals surface area contributed by atoms with Gasteiger partial charge in [-0.1, -0.05) is 31.0 Å². The van der Waals surface area contributed by atoms with Crippen LogP contribution in [0.3, 0.4) is 0 Å². The number of pyridine rings is 1. The SMILES string of the molecule is [2H]C([2H])([2H])C([2H])([2H])[C@@]12CC[C@@H](CN(c3nc(OC[C@@]45CCCN4CC(=C)C5)nc4c(F)c(-c5cc(N)cc6ccc(F)c(C#C)c56)nc(OC)c34)C1)N2. The highest BCUT2D eigenvalue weighted by atomic mass is 19.1. The second kappa shape index (κ2) is 11.3. The zero-order valence-corrected chi connectivity index (χ0v) is 26.6. The van der Waals surface area contributed by atoms with E-state index in [4.69, 9.17) is 33.5 Å². The molecule has 0 spiro atoms. The molecule has 2 aromatic carbocycles. The summed E-state index contributed by atoms with van der Waals surface area (Å²) in [5.41, 5.74) is 5.43. The van der Waals surface area contributed by atoms with Crippen LogP contribution in [-0.2, 0) is 0 Å². The van der Waals surface area contributed by atoms with Crippen molar-refractivity contribution in [3.05, 3.63) is 53.6 Å². The molecule has 4 fully saturated rings. The van der Waals surface area contributed by atoms with E-state index in [1.165, 1.54) is 25.3 Å². The molecule has 3 N–H and O–H groups in total. The Morgan fingerprint density at radius 2 is 2.12 bits per heavy atom. The Balaban J connectivity index is 1.34. The van der Waals surface area contributed by atoms with Gasteiger partial charge in [0.1, 0.15) is 34.8 Å². The van der Waals surface area contributed by atoms with E-state index in [9.17, 15) is 0 Å². The summed E-state index contributed by atoms with van der Waals surface area (Å²) in [6.45, 7) is 3.35. The minimum absolute atomic E-state index is 0.0707. The number of nitrogens with zero attached hydrogens (tertiary/aromatic N) is 5. The molecule has 9 nitrogen and oxygen atoms in total. The molecule has 0 amide bonds. The third-order valence-corrected chi connectivity index (χ3v) is 10.4. The lowest BCUT2D eigenvalue weighted by Crippen LogP contribution is -2.59. The lowest BCUT2D eigenvalue weighted by atomic mass is 9.93. The van der Waals surface area contributed by atoms with Crippen molar-refractivity contribution < 1.29 is 25.1 Å². The number of piperazine rings is 1. The monoisotopic (exact) mass is 656 g/mol. The number of halogens is 2. The topological polar surface area (TPSA) is 102 Å². The molecule has 48 heavy (non-hydrogen) atoms. The predicted molar refractivity (Wildman–Crippen MR) is 183 cm³/mol. The fourth-order valence-corrected chi connectivity index (χ4v) is 8.33. The van der Waals surface area contributed by atoms with Gasteiger partial charge in [-0.15, -0.1) is 6.42 Å². The van der Waals surface area contributed by atoms with Crippen molar-refractivity contribution in [2.24, 2.45) is 0 Å². The Morgan fingerprint density at radius 1 is 1.25 bits per heavy atom. The molecule has 11 heteroatoms. The van der Waals surface area contributed by atoms with E-state index in [1.54, 1.807) is 11.0 Å². The number of hydrogen-bond acceptors (Lipinski definition) is 9. The molecule has 4 aromatic rings. The molecular weight excluding hydrogens is 612 g/mol. The number of ether oxygens (including phenoxy) is 2. The molecule has 4 aliphatic rings. The Kier molecular flexibility index (Phi) is 5.99. The number of anilines is 2. The second-order valence-electron chi connectivity index (χ2n) is 13.5. The quantitative estimate of drug-likeness (QED) is 0.150. The Bertz CT molecular complexity index is 2250. The molecular formula is C37H39F2N7O2. The minimum Gasteiger partial charge on any atom is -0.480 e. The summed E-state index contributed by atoms with van der Waals surface area (Å²) >= 11 is 0. The van der Waals surface area contributed by atoms with Crippen molar-refractivity contribution in [2.45, 2.75) is 62.4 Å². The standard InChI is InChI=1S/C37H39F2N7O2/c1-5-25-27(38)9-8-22-14-23(40)15-26(28(22)25)31-30(39)32-29(34(41-31)47-4)33(45-18-24-10-12-36(6-2,19-45)44-24)43-35(42-32)48-20-37-11-7-13-46(37)17-21(3)16-37/h1,8-9,14-15,24,44H,3,6-7,10-13,16-20,40H2,2,4H3/t24-,36+,37-/m0/s1/i2D3,6D2. The number of terminal acetylenes is 1. The van der Waals surface area contributed by atoms with Crippen LogP contribution < -0.4 is 25.4 Å². The van der Waals surface area contributed by atoms with E-state index in [0.717, 1.165) is 37.9 Å². The van der Waals surface area contributed by atoms with Gasteiger partial charge in [-0.3, -0.25) is 4.90 Å². The van der Waals surface area contributed by atoms with Crippen molar-refractivity contribution in [3.63, 3.8) is 0 Å². The molecule has 2 aromatic heterocycles. The zero-order valence-electron chi connectivity index (χ0n) is 31.6. The van der Waals surface area contributed by atoms with Gasteiger partial charge in [0.2, 0.25) is 5.88 Å². The lowest BCUT2D eigenvalue weighted by Gasteiger charge is -2.42. The maximum absolute atomic E-state index is 17.4. The van der Waals surface area contributed by atoms with Crippen LogP contribution in [0.2, 0.25) is 0 Å². The van der Waals surface area contributed by atoms with E-state index in [2.05, 4.69) is 32.7 Å². The van der Waals surface area contributed by atoms with Gasteiger partial charge < -0.3 is 25.4 Å². The molecule has 6 heterocycles. The number of hydrogen-bond donors (Lipinski definition) is 2. The largest absolute Gasteiger partial charge is 0.480 e. The van der Waals surface area contributed by atoms with Gasteiger partial charge in [0.15, 0.2) is 5.82 Å². The molecule has 0 unspecified atom stereocenters. The highest BCUT2D eigenvalue weighted by Gasteiger charge is 2.47. The summed E-state index contributed by atoms with van der Waals surface area (Å²) in [7, 11) is 1.36. The van der Waals surface area contributed by atoms with E-state index < -0.39 is 30.4 Å². The molecule has 4 aliphatic heterocycles.